The van der Waals surface area contributed by atoms with Gasteiger partial charge in [-0.05, 0) is 63.1 Å². The van der Waals surface area contributed by atoms with Crippen molar-refractivity contribution in [3.63, 3.8) is 0 Å². The molecule has 2 amide bonds. The smallest absolute Gasteiger partial charge is 0.251 e. The first kappa shape index (κ1) is 20.4. The number of carbonyl (C=O) groups excluding carboxylic acids is 2. The first-order valence-electron chi connectivity index (χ1n) is 10.3. The minimum atomic E-state index is -0.228. The van der Waals surface area contributed by atoms with Crippen molar-refractivity contribution in [2.45, 2.75) is 38.3 Å². The Hall–Kier alpha value is -2.84. The standard InChI is InChI=1S/C22H27N5O3/c1-22(2)12-17(9-11-30-22)25-20(28)15-5-7-18(8-6-15)27(19-4-3-10-24-26-19)21(29)16-13-23-14-16/h3-8,10,16-17,23H,9,11-14H2,1-2H3,(H,25,28). The summed E-state index contributed by atoms with van der Waals surface area (Å²) in [5.74, 6) is 0.226. The van der Waals surface area contributed by atoms with Crippen molar-refractivity contribution in [1.29, 1.82) is 0 Å². The molecule has 8 heteroatoms. The van der Waals surface area contributed by atoms with Crippen molar-refractivity contribution < 1.29 is 14.3 Å². The zero-order chi connectivity index (χ0) is 21.1. The fourth-order valence-corrected chi connectivity index (χ4v) is 3.82. The Morgan fingerprint density at radius 2 is 1.97 bits per heavy atom. The van der Waals surface area contributed by atoms with Crippen LogP contribution in [0.1, 0.15) is 37.0 Å². The Kier molecular flexibility index (Phi) is 5.78. The predicted octanol–water partition coefficient (Wildman–Crippen LogP) is 2.05. The number of rotatable bonds is 5. The van der Waals surface area contributed by atoms with Gasteiger partial charge in [-0.25, -0.2) is 0 Å². The maximum absolute atomic E-state index is 13.0. The van der Waals surface area contributed by atoms with Gasteiger partial charge in [0, 0.05) is 37.5 Å². The van der Waals surface area contributed by atoms with Crippen molar-refractivity contribution in [3.05, 3.63) is 48.2 Å². The van der Waals surface area contributed by atoms with E-state index in [1.165, 1.54) is 0 Å². The summed E-state index contributed by atoms with van der Waals surface area (Å²) in [6.07, 6.45) is 3.15. The average molecular weight is 409 g/mol. The summed E-state index contributed by atoms with van der Waals surface area (Å²) in [4.78, 5) is 27.3. The second-order valence-electron chi connectivity index (χ2n) is 8.43. The molecule has 1 aromatic carbocycles. The minimum absolute atomic E-state index is 0.0316. The molecule has 2 fully saturated rings. The first-order chi connectivity index (χ1) is 14.4. The van der Waals surface area contributed by atoms with Crippen LogP contribution in [0, 0.1) is 5.92 Å². The molecule has 30 heavy (non-hydrogen) atoms. The maximum Gasteiger partial charge on any atom is 0.251 e. The second kappa shape index (κ2) is 8.49. The highest BCUT2D eigenvalue weighted by atomic mass is 16.5. The summed E-state index contributed by atoms with van der Waals surface area (Å²) in [6, 6.07) is 10.6. The van der Waals surface area contributed by atoms with Gasteiger partial charge in [-0.15, -0.1) is 5.10 Å². The van der Waals surface area contributed by atoms with E-state index in [4.69, 9.17) is 4.74 Å². The first-order valence-corrected chi connectivity index (χ1v) is 10.3. The van der Waals surface area contributed by atoms with Crippen LogP contribution in [0.2, 0.25) is 0 Å². The summed E-state index contributed by atoms with van der Waals surface area (Å²) >= 11 is 0. The number of amides is 2. The molecule has 1 unspecified atom stereocenters. The van der Waals surface area contributed by atoms with Gasteiger partial charge in [-0.2, -0.15) is 5.10 Å². The number of hydrogen-bond donors (Lipinski definition) is 2. The van der Waals surface area contributed by atoms with Crippen LogP contribution in [-0.4, -0.2) is 53.4 Å². The Labute approximate surface area is 176 Å². The van der Waals surface area contributed by atoms with Crippen LogP contribution < -0.4 is 15.5 Å². The van der Waals surface area contributed by atoms with E-state index in [1.807, 2.05) is 13.8 Å². The van der Waals surface area contributed by atoms with E-state index in [1.54, 1.807) is 47.5 Å². The number of nitrogens with one attached hydrogen (secondary N) is 2. The van der Waals surface area contributed by atoms with Crippen molar-refractivity contribution in [2.24, 2.45) is 5.92 Å². The Morgan fingerprint density at radius 1 is 1.20 bits per heavy atom. The molecule has 1 atom stereocenters. The lowest BCUT2D eigenvalue weighted by Crippen LogP contribution is -2.51. The lowest BCUT2D eigenvalue weighted by atomic mass is 9.94. The number of ether oxygens (including phenoxy) is 1. The van der Waals surface area contributed by atoms with Crippen LogP contribution in [-0.2, 0) is 9.53 Å². The third-order valence-electron chi connectivity index (χ3n) is 5.56. The van der Waals surface area contributed by atoms with Gasteiger partial charge in [0.1, 0.15) is 0 Å². The number of aromatic nitrogens is 2. The van der Waals surface area contributed by atoms with Crippen LogP contribution in [0.4, 0.5) is 11.5 Å². The van der Waals surface area contributed by atoms with E-state index in [0.29, 0.717) is 36.8 Å². The molecular formula is C22H27N5O3. The third-order valence-corrected chi connectivity index (χ3v) is 5.56. The molecule has 2 aliphatic heterocycles. The molecule has 0 aliphatic carbocycles. The van der Waals surface area contributed by atoms with Crippen molar-refractivity contribution in [1.82, 2.24) is 20.8 Å². The molecule has 0 radical (unpaired) electrons. The van der Waals surface area contributed by atoms with E-state index >= 15 is 0 Å². The molecule has 2 aliphatic rings. The Morgan fingerprint density at radius 3 is 2.57 bits per heavy atom. The predicted molar refractivity (Wildman–Crippen MR) is 112 cm³/mol. The zero-order valence-electron chi connectivity index (χ0n) is 17.3. The molecule has 2 aromatic rings. The molecule has 4 rings (SSSR count). The van der Waals surface area contributed by atoms with E-state index in [9.17, 15) is 9.59 Å². The highest BCUT2D eigenvalue weighted by Crippen LogP contribution is 2.27. The quantitative estimate of drug-likeness (QED) is 0.785. The van der Waals surface area contributed by atoms with Gasteiger partial charge >= 0.3 is 0 Å². The molecule has 8 nitrogen and oxygen atoms in total. The van der Waals surface area contributed by atoms with Gasteiger partial charge in [0.05, 0.1) is 17.2 Å². The van der Waals surface area contributed by atoms with Gasteiger partial charge < -0.3 is 15.4 Å². The fraction of sp³-hybridized carbons (Fsp3) is 0.455. The highest BCUT2D eigenvalue weighted by molar-refractivity contribution is 6.02. The summed E-state index contributed by atoms with van der Waals surface area (Å²) in [5.41, 5.74) is 0.990. The fourth-order valence-electron chi connectivity index (χ4n) is 3.82. The van der Waals surface area contributed by atoms with Crippen LogP contribution in [0.5, 0.6) is 0 Å². The second-order valence-corrected chi connectivity index (χ2v) is 8.43. The lowest BCUT2D eigenvalue weighted by molar-refractivity contribution is -0.123. The van der Waals surface area contributed by atoms with E-state index in [0.717, 1.165) is 12.8 Å². The minimum Gasteiger partial charge on any atom is -0.375 e. The number of hydrogen-bond acceptors (Lipinski definition) is 6. The average Bonchev–Trinajstić information content (AvgIpc) is 2.67. The largest absolute Gasteiger partial charge is 0.375 e. The Bertz CT molecular complexity index is 897. The molecule has 0 spiro atoms. The van der Waals surface area contributed by atoms with Crippen LogP contribution in [0.25, 0.3) is 0 Å². The Balaban J connectivity index is 1.50. The van der Waals surface area contributed by atoms with E-state index in [2.05, 4.69) is 20.8 Å². The van der Waals surface area contributed by atoms with Crippen molar-refractivity contribution >= 4 is 23.3 Å². The van der Waals surface area contributed by atoms with Gasteiger partial charge in [0.15, 0.2) is 5.82 Å². The van der Waals surface area contributed by atoms with Crippen LogP contribution in [0.15, 0.2) is 42.6 Å². The molecular weight excluding hydrogens is 382 g/mol. The molecule has 1 aromatic heterocycles. The topological polar surface area (TPSA) is 96.5 Å². The van der Waals surface area contributed by atoms with E-state index < -0.39 is 0 Å². The van der Waals surface area contributed by atoms with Gasteiger partial charge in [0.25, 0.3) is 5.91 Å². The van der Waals surface area contributed by atoms with Gasteiger partial charge in [-0.3, -0.25) is 14.5 Å². The highest BCUT2D eigenvalue weighted by Gasteiger charge is 2.32. The van der Waals surface area contributed by atoms with Crippen LogP contribution >= 0.6 is 0 Å². The normalized spacial score (nSPS) is 20.8. The lowest BCUT2D eigenvalue weighted by Gasteiger charge is -2.35. The van der Waals surface area contributed by atoms with E-state index in [-0.39, 0.29) is 29.4 Å². The van der Waals surface area contributed by atoms with Crippen molar-refractivity contribution in [2.75, 3.05) is 24.6 Å². The van der Waals surface area contributed by atoms with Crippen molar-refractivity contribution in [3.8, 4) is 0 Å². The number of carbonyl (C=O) groups is 2. The monoisotopic (exact) mass is 409 g/mol. The summed E-state index contributed by atoms with van der Waals surface area (Å²) < 4.78 is 5.72. The molecule has 0 bridgehead atoms. The molecule has 2 N–H and O–H groups in total. The zero-order valence-corrected chi connectivity index (χ0v) is 17.3. The molecule has 0 saturated carbocycles. The number of nitrogens with zero attached hydrogens (tertiary/aromatic N) is 3. The summed E-state index contributed by atoms with van der Waals surface area (Å²) in [7, 11) is 0. The third kappa shape index (κ3) is 4.49. The summed E-state index contributed by atoms with van der Waals surface area (Å²) in [6.45, 7) is 6.02. The van der Waals surface area contributed by atoms with Gasteiger partial charge in [0.2, 0.25) is 5.91 Å². The summed E-state index contributed by atoms with van der Waals surface area (Å²) in [5, 5.41) is 14.2. The molecule has 3 heterocycles. The van der Waals surface area contributed by atoms with Gasteiger partial charge in [-0.1, -0.05) is 0 Å². The maximum atomic E-state index is 13.0. The molecule has 158 valence electrons. The number of benzene rings is 1. The SMILES string of the molecule is CC1(C)CC(NC(=O)c2ccc(N(C(=O)C3CNC3)c3cccnn3)cc2)CCO1. The number of anilines is 2. The van der Waals surface area contributed by atoms with Crippen LogP contribution in [0.3, 0.4) is 0 Å². The molecule has 2 saturated heterocycles.